The van der Waals surface area contributed by atoms with Crippen LogP contribution < -0.4 is 4.90 Å². The Morgan fingerprint density at radius 2 is 1.69 bits per heavy atom. The molecule has 3 heterocycles. The van der Waals surface area contributed by atoms with E-state index in [1.165, 1.54) is 24.8 Å². The highest BCUT2D eigenvalue weighted by Crippen LogP contribution is 2.48. The number of anilines is 1. The van der Waals surface area contributed by atoms with Crippen LogP contribution in [-0.4, -0.2) is 67.8 Å². The average molecular weight is 465 g/mol. The fourth-order valence-corrected chi connectivity index (χ4v) is 6.93. The minimum absolute atomic E-state index is 0.272. The molecule has 3 fully saturated rings. The van der Waals surface area contributed by atoms with Crippen LogP contribution in [0, 0.1) is 23.7 Å². The molecule has 2 atom stereocenters. The molecule has 2 aliphatic heterocycles. The summed E-state index contributed by atoms with van der Waals surface area (Å²) in [5.74, 6) is 4.00. The first-order chi connectivity index (χ1) is 15.5. The smallest absolute Gasteiger partial charge is 0.225 e. The van der Waals surface area contributed by atoms with Gasteiger partial charge in [-0.25, -0.2) is 22.7 Å². The Morgan fingerprint density at radius 3 is 2.31 bits per heavy atom. The number of hydrogen-bond acceptors (Lipinski definition) is 6. The standard InChI is InChI=1S/C24H40N4O3S/c1-3-13-32(29,30)28-11-5-20(6-12-28)17-31-18-22-14-23(22)21-7-9-27(10-8-21)24-25-15-19(4-2)16-26-24/h15-16,20-23H,3-14,17-18H2,1-2H3/t22-,23+/m0/s1. The van der Waals surface area contributed by atoms with E-state index in [-0.39, 0.29) is 5.75 Å². The lowest BCUT2D eigenvalue weighted by Crippen LogP contribution is -2.40. The molecule has 0 radical (unpaired) electrons. The molecular formula is C24H40N4O3S. The normalized spacial score (nSPS) is 25.9. The lowest BCUT2D eigenvalue weighted by molar-refractivity contribution is 0.0684. The van der Waals surface area contributed by atoms with E-state index in [0.717, 1.165) is 69.3 Å². The summed E-state index contributed by atoms with van der Waals surface area (Å²) < 4.78 is 32.2. The van der Waals surface area contributed by atoms with Crippen molar-refractivity contribution in [1.29, 1.82) is 0 Å². The molecule has 1 aromatic heterocycles. The number of aromatic nitrogens is 2. The molecule has 32 heavy (non-hydrogen) atoms. The van der Waals surface area contributed by atoms with Gasteiger partial charge in [0.1, 0.15) is 0 Å². The summed E-state index contributed by atoms with van der Waals surface area (Å²) in [5.41, 5.74) is 1.19. The summed E-state index contributed by atoms with van der Waals surface area (Å²) in [5, 5.41) is 0. The predicted octanol–water partition coefficient (Wildman–Crippen LogP) is 3.36. The van der Waals surface area contributed by atoms with Crippen molar-refractivity contribution in [2.24, 2.45) is 23.7 Å². The van der Waals surface area contributed by atoms with Crippen LogP contribution in [0.3, 0.4) is 0 Å². The second-order valence-corrected chi connectivity index (χ2v) is 12.0. The van der Waals surface area contributed by atoms with Gasteiger partial charge >= 0.3 is 0 Å². The van der Waals surface area contributed by atoms with Gasteiger partial charge in [0.15, 0.2) is 0 Å². The number of rotatable bonds is 10. The maximum absolute atomic E-state index is 12.2. The molecule has 4 rings (SSSR count). The fourth-order valence-electron chi connectivity index (χ4n) is 5.39. The molecule has 180 valence electrons. The van der Waals surface area contributed by atoms with Gasteiger partial charge in [0.25, 0.3) is 0 Å². The van der Waals surface area contributed by atoms with Crippen LogP contribution in [0.1, 0.15) is 57.9 Å². The number of hydrogen-bond donors (Lipinski definition) is 0. The van der Waals surface area contributed by atoms with Gasteiger partial charge in [0.2, 0.25) is 16.0 Å². The Balaban J connectivity index is 1.11. The highest BCUT2D eigenvalue weighted by molar-refractivity contribution is 7.89. The number of nitrogens with zero attached hydrogens (tertiary/aromatic N) is 4. The van der Waals surface area contributed by atoms with Crippen LogP contribution in [0.25, 0.3) is 0 Å². The Labute approximate surface area is 194 Å². The van der Waals surface area contributed by atoms with Crippen molar-refractivity contribution >= 4 is 16.0 Å². The molecule has 0 spiro atoms. The molecule has 0 bridgehead atoms. The minimum atomic E-state index is -3.04. The third-order valence-corrected chi connectivity index (χ3v) is 9.70. The summed E-state index contributed by atoms with van der Waals surface area (Å²) >= 11 is 0. The van der Waals surface area contributed by atoms with Gasteiger partial charge < -0.3 is 9.64 Å². The maximum atomic E-state index is 12.2. The second-order valence-electron chi connectivity index (χ2n) is 9.92. The first-order valence-electron chi connectivity index (χ1n) is 12.6. The molecule has 3 aliphatic rings. The summed E-state index contributed by atoms with van der Waals surface area (Å²) in [4.78, 5) is 11.4. The van der Waals surface area contributed by atoms with E-state index in [1.54, 1.807) is 4.31 Å². The van der Waals surface area contributed by atoms with Crippen LogP contribution in [0.4, 0.5) is 5.95 Å². The van der Waals surface area contributed by atoms with Crippen molar-refractivity contribution in [2.45, 2.75) is 58.8 Å². The summed E-state index contributed by atoms with van der Waals surface area (Å²) in [6.07, 6.45) is 11.2. The number of aryl methyl sites for hydroxylation is 1. The van der Waals surface area contributed by atoms with Crippen molar-refractivity contribution in [3.63, 3.8) is 0 Å². The van der Waals surface area contributed by atoms with E-state index in [4.69, 9.17) is 4.74 Å². The Kier molecular flexibility index (Phi) is 8.05. The monoisotopic (exact) mass is 464 g/mol. The molecule has 1 aliphatic carbocycles. The van der Waals surface area contributed by atoms with E-state index in [0.29, 0.717) is 25.4 Å². The van der Waals surface area contributed by atoms with Crippen LogP contribution in [0.15, 0.2) is 12.4 Å². The zero-order chi connectivity index (χ0) is 22.6. The third kappa shape index (κ3) is 6.00. The van der Waals surface area contributed by atoms with Gasteiger partial charge in [-0.15, -0.1) is 0 Å². The Morgan fingerprint density at radius 1 is 1.00 bits per heavy atom. The van der Waals surface area contributed by atoms with Crippen molar-refractivity contribution in [3.8, 4) is 0 Å². The number of sulfonamides is 1. The van der Waals surface area contributed by atoms with E-state index in [2.05, 4.69) is 21.8 Å². The zero-order valence-corrected chi connectivity index (χ0v) is 20.6. The third-order valence-electron chi connectivity index (χ3n) is 7.62. The maximum Gasteiger partial charge on any atom is 0.225 e. The average Bonchev–Trinajstić information content (AvgIpc) is 3.59. The first kappa shape index (κ1) is 23.9. The molecule has 2 saturated heterocycles. The van der Waals surface area contributed by atoms with Crippen LogP contribution in [0.5, 0.6) is 0 Å². The van der Waals surface area contributed by atoms with E-state index in [9.17, 15) is 8.42 Å². The first-order valence-corrected chi connectivity index (χ1v) is 14.2. The molecule has 0 amide bonds. The molecule has 8 heteroatoms. The fraction of sp³-hybridized carbons (Fsp3) is 0.833. The van der Waals surface area contributed by atoms with Gasteiger partial charge in [0.05, 0.1) is 5.75 Å². The molecule has 1 aromatic rings. The molecule has 0 aromatic carbocycles. The molecule has 1 saturated carbocycles. The lowest BCUT2D eigenvalue weighted by atomic mass is 9.91. The SMILES string of the molecule is CCCS(=O)(=O)N1CCC(COC[C@@H]2C[C@@H]2C2CCN(c3ncc(CC)cn3)CC2)CC1. The van der Waals surface area contributed by atoms with Crippen LogP contribution in [-0.2, 0) is 21.2 Å². The van der Waals surface area contributed by atoms with E-state index >= 15 is 0 Å². The highest BCUT2D eigenvalue weighted by atomic mass is 32.2. The van der Waals surface area contributed by atoms with Crippen LogP contribution >= 0.6 is 0 Å². The van der Waals surface area contributed by atoms with Gasteiger partial charge in [0, 0.05) is 51.8 Å². The largest absolute Gasteiger partial charge is 0.381 e. The van der Waals surface area contributed by atoms with Gasteiger partial charge in [-0.1, -0.05) is 13.8 Å². The Bertz CT molecular complexity index is 816. The molecule has 0 N–H and O–H groups in total. The number of piperidine rings is 2. The van der Waals surface area contributed by atoms with Gasteiger partial charge in [-0.3, -0.25) is 0 Å². The summed E-state index contributed by atoms with van der Waals surface area (Å²) in [7, 11) is -3.04. The van der Waals surface area contributed by atoms with Crippen molar-refractivity contribution < 1.29 is 13.2 Å². The summed E-state index contributed by atoms with van der Waals surface area (Å²) in [6.45, 7) is 9.14. The van der Waals surface area contributed by atoms with Crippen LogP contribution in [0.2, 0.25) is 0 Å². The lowest BCUT2D eigenvalue weighted by Gasteiger charge is -2.32. The number of ether oxygens (including phenoxy) is 1. The molecule has 0 unspecified atom stereocenters. The van der Waals surface area contributed by atoms with Gasteiger partial charge in [-0.2, -0.15) is 0 Å². The zero-order valence-electron chi connectivity index (χ0n) is 19.8. The van der Waals surface area contributed by atoms with Crippen molar-refractivity contribution in [2.75, 3.05) is 50.0 Å². The predicted molar refractivity (Wildman–Crippen MR) is 127 cm³/mol. The van der Waals surface area contributed by atoms with Crippen molar-refractivity contribution in [1.82, 2.24) is 14.3 Å². The minimum Gasteiger partial charge on any atom is -0.381 e. The summed E-state index contributed by atoms with van der Waals surface area (Å²) in [6, 6.07) is 0. The van der Waals surface area contributed by atoms with E-state index < -0.39 is 10.0 Å². The van der Waals surface area contributed by atoms with E-state index in [1.807, 2.05) is 19.3 Å². The Hall–Kier alpha value is -1.25. The topological polar surface area (TPSA) is 75.6 Å². The molecular weight excluding hydrogens is 424 g/mol. The van der Waals surface area contributed by atoms with Gasteiger partial charge in [-0.05, 0) is 74.2 Å². The van der Waals surface area contributed by atoms with Crippen molar-refractivity contribution in [3.05, 3.63) is 18.0 Å². The molecule has 7 nitrogen and oxygen atoms in total. The highest BCUT2D eigenvalue weighted by Gasteiger charge is 2.43. The quantitative estimate of drug-likeness (QED) is 0.529. The second kappa shape index (κ2) is 10.8.